The van der Waals surface area contributed by atoms with Gasteiger partial charge in [-0.3, -0.25) is 4.79 Å². The van der Waals surface area contributed by atoms with Crippen LogP contribution in [0.25, 0.3) is 10.4 Å². The fourth-order valence-electron chi connectivity index (χ4n) is 2.92. The Kier molecular flexibility index (Phi) is 7.66. The topological polar surface area (TPSA) is 98.8 Å². The average Bonchev–Trinajstić information content (AvgIpc) is 3.22. The van der Waals surface area contributed by atoms with Crippen molar-refractivity contribution in [1.82, 2.24) is 0 Å². The molecule has 3 aromatic rings. The van der Waals surface area contributed by atoms with Gasteiger partial charge in [-0.15, -0.1) is 11.3 Å². The molecule has 1 amide bonds. The van der Waals surface area contributed by atoms with Crippen LogP contribution in [0.15, 0.2) is 65.6 Å². The van der Waals surface area contributed by atoms with Crippen molar-refractivity contribution in [1.29, 1.82) is 0 Å². The maximum Gasteiger partial charge on any atom is 0.350 e. The highest BCUT2D eigenvalue weighted by Gasteiger charge is 2.22. The molecular weight excluding hydrogens is 450 g/mol. The van der Waals surface area contributed by atoms with Crippen molar-refractivity contribution in [2.75, 3.05) is 24.8 Å². The molecule has 1 aromatic heterocycles. The van der Waals surface area contributed by atoms with Crippen molar-refractivity contribution in [3.63, 3.8) is 0 Å². The van der Waals surface area contributed by atoms with Crippen molar-refractivity contribution >= 4 is 38.7 Å². The van der Waals surface area contributed by atoms with Crippen LogP contribution in [0.1, 0.15) is 23.0 Å². The number of thiophene rings is 1. The second-order valence-corrected chi connectivity index (χ2v) is 9.89. The van der Waals surface area contributed by atoms with Crippen molar-refractivity contribution in [3.05, 3.63) is 65.5 Å². The Morgan fingerprint density at radius 1 is 1.03 bits per heavy atom. The number of methoxy groups -OCH3 is 1. The van der Waals surface area contributed by atoms with Crippen LogP contribution in [0.2, 0.25) is 0 Å². The minimum absolute atomic E-state index is 0.111. The summed E-state index contributed by atoms with van der Waals surface area (Å²) in [5.41, 5.74) is 1.20. The van der Waals surface area contributed by atoms with Gasteiger partial charge in [0.25, 0.3) is 0 Å². The Bertz CT molecular complexity index is 1180. The molecule has 0 aliphatic heterocycles. The lowest BCUT2D eigenvalue weighted by Gasteiger charge is -2.08. The Labute approximate surface area is 190 Å². The lowest BCUT2D eigenvalue weighted by atomic mass is 10.2. The van der Waals surface area contributed by atoms with Crippen LogP contribution in [0, 0.1) is 0 Å². The van der Waals surface area contributed by atoms with Crippen molar-refractivity contribution in [3.8, 4) is 16.2 Å². The smallest absolute Gasteiger partial charge is 0.350 e. The molecule has 32 heavy (non-hydrogen) atoms. The number of esters is 1. The summed E-state index contributed by atoms with van der Waals surface area (Å²) in [7, 11) is -2.16. The summed E-state index contributed by atoms with van der Waals surface area (Å²) in [5, 5.41) is 2.67. The van der Waals surface area contributed by atoms with E-state index < -0.39 is 21.7 Å². The summed E-state index contributed by atoms with van der Waals surface area (Å²) in [6, 6.07) is 17.1. The summed E-state index contributed by atoms with van der Waals surface area (Å²) < 4.78 is 35.2. The first kappa shape index (κ1) is 23.5. The molecule has 0 bridgehead atoms. The fourth-order valence-corrected chi connectivity index (χ4v) is 5.17. The van der Waals surface area contributed by atoms with E-state index in [4.69, 9.17) is 9.47 Å². The monoisotopic (exact) mass is 473 g/mol. The van der Waals surface area contributed by atoms with Crippen LogP contribution in [0.5, 0.6) is 5.75 Å². The van der Waals surface area contributed by atoms with E-state index in [2.05, 4.69) is 5.32 Å². The first-order chi connectivity index (χ1) is 15.3. The molecule has 168 valence electrons. The van der Waals surface area contributed by atoms with E-state index >= 15 is 0 Å². The second-order valence-electron chi connectivity index (χ2n) is 6.73. The molecule has 1 heterocycles. The molecule has 0 aliphatic rings. The molecule has 0 atom stereocenters. The largest absolute Gasteiger partial charge is 0.497 e. The number of carbonyl (C=O) groups is 2. The second kappa shape index (κ2) is 10.4. The van der Waals surface area contributed by atoms with Crippen LogP contribution >= 0.6 is 11.3 Å². The zero-order valence-electron chi connectivity index (χ0n) is 17.7. The Hall–Kier alpha value is -3.17. The molecule has 0 spiro atoms. The number of benzene rings is 2. The quantitative estimate of drug-likeness (QED) is 0.463. The highest BCUT2D eigenvalue weighted by molar-refractivity contribution is 7.91. The third-order valence-electron chi connectivity index (χ3n) is 4.54. The number of hydrogen-bond acceptors (Lipinski definition) is 7. The highest BCUT2D eigenvalue weighted by atomic mass is 32.2. The van der Waals surface area contributed by atoms with Crippen LogP contribution in [0.4, 0.5) is 5.69 Å². The predicted octanol–water partition coefficient (Wildman–Crippen LogP) is 4.40. The number of carbonyl (C=O) groups excluding carboxylic acids is 2. The first-order valence-electron chi connectivity index (χ1n) is 9.87. The van der Waals surface area contributed by atoms with Gasteiger partial charge in [-0.2, -0.15) is 0 Å². The van der Waals surface area contributed by atoms with Crippen molar-refractivity contribution in [2.24, 2.45) is 0 Å². The third-order valence-corrected chi connectivity index (χ3v) is 7.44. The molecule has 0 aliphatic carbocycles. The van der Waals surface area contributed by atoms with Gasteiger partial charge in [0.2, 0.25) is 5.91 Å². The van der Waals surface area contributed by atoms with Crippen LogP contribution < -0.4 is 10.1 Å². The van der Waals surface area contributed by atoms with Gasteiger partial charge in [-0.05, 0) is 42.8 Å². The van der Waals surface area contributed by atoms with Gasteiger partial charge in [0.15, 0.2) is 9.84 Å². The molecule has 0 radical (unpaired) electrons. The number of sulfone groups is 1. The lowest BCUT2D eigenvalue weighted by Crippen LogP contribution is -2.18. The normalized spacial score (nSPS) is 11.1. The number of nitrogens with one attached hydrogen (secondary N) is 1. The Morgan fingerprint density at radius 2 is 1.72 bits per heavy atom. The van der Waals surface area contributed by atoms with Crippen molar-refractivity contribution < 1.29 is 27.5 Å². The standard InChI is InChI=1S/C23H23NO6S2/c1-3-30-23(26)22-19(15-20(31-22)16-7-5-4-6-8-16)24-21(25)13-14-32(27,28)18-11-9-17(29-2)10-12-18/h4-12,15H,3,13-14H2,1-2H3,(H,24,25). The van der Waals surface area contributed by atoms with E-state index in [1.807, 2.05) is 30.3 Å². The van der Waals surface area contributed by atoms with E-state index in [0.29, 0.717) is 11.4 Å². The molecule has 2 aromatic carbocycles. The van der Waals surface area contributed by atoms with Gasteiger partial charge in [0, 0.05) is 11.3 Å². The predicted molar refractivity (Wildman–Crippen MR) is 124 cm³/mol. The number of rotatable bonds is 9. The zero-order valence-corrected chi connectivity index (χ0v) is 19.3. The van der Waals surface area contributed by atoms with E-state index in [-0.39, 0.29) is 28.6 Å². The fraction of sp³-hybridized carbons (Fsp3) is 0.217. The molecule has 7 nitrogen and oxygen atoms in total. The summed E-state index contributed by atoms with van der Waals surface area (Å²) in [6.45, 7) is 1.90. The molecule has 1 N–H and O–H groups in total. The lowest BCUT2D eigenvalue weighted by molar-refractivity contribution is -0.115. The van der Waals surface area contributed by atoms with E-state index in [9.17, 15) is 18.0 Å². The number of amides is 1. The van der Waals surface area contributed by atoms with Crippen LogP contribution in [-0.4, -0.2) is 39.8 Å². The number of hydrogen-bond donors (Lipinski definition) is 1. The third kappa shape index (κ3) is 5.74. The summed E-state index contributed by atoms with van der Waals surface area (Å²) >= 11 is 1.21. The number of anilines is 1. The molecular formula is C23H23NO6S2. The van der Waals surface area contributed by atoms with Gasteiger partial charge >= 0.3 is 5.97 Å². The van der Waals surface area contributed by atoms with Crippen LogP contribution in [-0.2, 0) is 19.4 Å². The van der Waals surface area contributed by atoms with Gasteiger partial charge in [0.05, 0.1) is 30.1 Å². The SMILES string of the molecule is CCOC(=O)c1sc(-c2ccccc2)cc1NC(=O)CCS(=O)(=O)c1ccc(OC)cc1. The highest BCUT2D eigenvalue weighted by Crippen LogP contribution is 2.35. The molecule has 3 rings (SSSR count). The minimum Gasteiger partial charge on any atom is -0.497 e. The van der Waals surface area contributed by atoms with Crippen molar-refractivity contribution in [2.45, 2.75) is 18.2 Å². The van der Waals surface area contributed by atoms with E-state index in [0.717, 1.165) is 10.4 Å². The van der Waals surface area contributed by atoms with E-state index in [1.165, 1.54) is 30.6 Å². The van der Waals surface area contributed by atoms with E-state index in [1.54, 1.807) is 25.1 Å². The zero-order chi connectivity index (χ0) is 23.1. The van der Waals surface area contributed by atoms with Gasteiger partial charge in [-0.25, -0.2) is 13.2 Å². The van der Waals surface area contributed by atoms with Crippen LogP contribution in [0.3, 0.4) is 0 Å². The first-order valence-corrected chi connectivity index (χ1v) is 12.3. The average molecular weight is 474 g/mol. The van der Waals surface area contributed by atoms with Gasteiger partial charge in [-0.1, -0.05) is 30.3 Å². The Balaban J connectivity index is 1.74. The minimum atomic E-state index is -3.65. The molecule has 0 fully saturated rings. The summed E-state index contributed by atoms with van der Waals surface area (Å²) in [6.07, 6.45) is -0.257. The van der Waals surface area contributed by atoms with Gasteiger partial charge < -0.3 is 14.8 Å². The maximum absolute atomic E-state index is 12.5. The molecule has 9 heteroatoms. The maximum atomic E-state index is 12.5. The molecule has 0 saturated carbocycles. The Morgan fingerprint density at radius 3 is 2.34 bits per heavy atom. The molecule has 0 saturated heterocycles. The molecule has 0 unspecified atom stereocenters. The number of ether oxygens (including phenoxy) is 2. The van der Waals surface area contributed by atoms with Gasteiger partial charge in [0.1, 0.15) is 10.6 Å². The summed E-state index contributed by atoms with van der Waals surface area (Å²) in [5.74, 6) is -0.874. The summed E-state index contributed by atoms with van der Waals surface area (Å²) in [4.78, 5) is 26.1.